The van der Waals surface area contributed by atoms with Gasteiger partial charge in [0.1, 0.15) is 5.01 Å². The molecule has 0 bridgehead atoms. The van der Waals surface area contributed by atoms with Crippen LogP contribution in [-0.2, 0) is 0 Å². The molecule has 0 spiro atoms. The molecule has 0 aliphatic heterocycles. The van der Waals surface area contributed by atoms with Crippen LogP contribution in [0.15, 0.2) is 36.4 Å². The number of thiazole rings is 1. The van der Waals surface area contributed by atoms with Gasteiger partial charge in [0.15, 0.2) is 11.5 Å². The van der Waals surface area contributed by atoms with Crippen molar-refractivity contribution < 1.29 is 14.4 Å². The summed E-state index contributed by atoms with van der Waals surface area (Å²) in [6, 6.07) is 10.4. The van der Waals surface area contributed by atoms with Crippen molar-refractivity contribution in [2.45, 2.75) is 13.3 Å². The Bertz CT molecular complexity index is 965. The minimum Gasteiger partial charge on any atom is -0.493 e. The average molecular weight is 370 g/mol. The van der Waals surface area contributed by atoms with Gasteiger partial charge in [-0.05, 0) is 36.3 Å². The molecule has 3 aromatic rings. The van der Waals surface area contributed by atoms with E-state index in [4.69, 9.17) is 9.47 Å². The second kappa shape index (κ2) is 7.97. The molecule has 1 heterocycles. The SMILES string of the molecule is CCCOc1ccc(/C=C/c2nc3ccc([N+](=O)[O-])cc3s2)cc1OC. The lowest BCUT2D eigenvalue weighted by Crippen LogP contribution is -1.97. The van der Waals surface area contributed by atoms with Gasteiger partial charge in [-0.15, -0.1) is 11.3 Å². The van der Waals surface area contributed by atoms with Crippen LogP contribution in [0, 0.1) is 10.1 Å². The fraction of sp³-hybridized carbons (Fsp3) is 0.211. The predicted octanol–water partition coefficient (Wildman–Crippen LogP) is 5.17. The minimum absolute atomic E-state index is 0.0732. The fourth-order valence-corrected chi connectivity index (χ4v) is 3.31. The van der Waals surface area contributed by atoms with E-state index in [2.05, 4.69) is 11.9 Å². The number of non-ortho nitro benzene ring substituents is 1. The van der Waals surface area contributed by atoms with Crippen LogP contribution in [0.2, 0.25) is 0 Å². The molecule has 0 aliphatic rings. The molecule has 26 heavy (non-hydrogen) atoms. The predicted molar refractivity (Wildman–Crippen MR) is 104 cm³/mol. The zero-order valence-corrected chi connectivity index (χ0v) is 15.3. The van der Waals surface area contributed by atoms with Gasteiger partial charge in [-0.2, -0.15) is 0 Å². The first-order valence-electron chi connectivity index (χ1n) is 8.14. The Morgan fingerprint density at radius 2 is 2.04 bits per heavy atom. The van der Waals surface area contributed by atoms with Crippen LogP contribution in [0.4, 0.5) is 5.69 Å². The molecule has 6 nitrogen and oxygen atoms in total. The Labute approximate surface area is 154 Å². The van der Waals surface area contributed by atoms with E-state index in [-0.39, 0.29) is 5.69 Å². The number of hydrogen-bond donors (Lipinski definition) is 0. The van der Waals surface area contributed by atoms with E-state index in [9.17, 15) is 10.1 Å². The summed E-state index contributed by atoms with van der Waals surface area (Å²) in [5, 5.41) is 11.7. The lowest BCUT2D eigenvalue weighted by Gasteiger charge is -2.10. The van der Waals surface area contributed by atoms with Crippen LogP contribution >= 0.6 is 11.3 Å². The first-order valence-corrected chi connectivity index (χ1v) is 8.96. The maximum absolute atomic E-state index is 10.9. The summed E-state index contributed by atoms with van der Waals surface area (Å²) in [5.74, 6) is 1.40. The number of hydrogen-bond acceptors (Lipinski definition) is 6. The van der Waals surface area contributed by atoms with E-state index in [1.807, 2.05) is 30.4 Å². The number of nitrogens with zero attached hydrogens (tertiary/aromatic N) is 2. The van der Waals surface area contributed by atoms with E-state index < -0.39 is 4.92 Å². The molecule has 0 fully saturated rings. The van der Waals surface area contributed by atoms with Gasteiger partial charge < -0.3 is 9.47 Å². The number of methoxy groups -OCH3 is 1. The number of ether oxygens (including phenoxy) is 2. The maximum Gasteiger partial charge on any atom is 0.270 e. The third kappa shape index (κ3) is 4.00. The lowest BCUT2D eigenvalue weighted by molar-refractivity contribution is -0.384. The number of nitro groups is 1. The highest BCUT2D eigenvalue weighted by molar-refractivity contribution is 7.19. The van der Waals surface area contributed by atoms with E-state index in [0.29, 0.717) is 12.4 Å². The number of benzene rings is 2. The summed E-state index contributed by atoms with van der Waals surface area (Å²) >= 11 is 1.41. The lowest BCUT2D eigenvalue weighted by atomic mass is 10.2. The number of nitro benzene ring substituents is 1. The van der Waals surface area contributed by atoms with E-state index in [1.165, 1.54) is 17.4 Å². The summed E-state index contributed by atoms with van der Waals surface area (Å²) in [6.07, 6.45) is 4.75. The molecule has 134 valence electrons. The van der Waals surface area contributed by atoms with Gasteiger partial charge in [0, 0.05) is 12.1 Å². The van der Waals surface area contributed by atoms with Crippen molar-refractivity contribution in [2.24, 2.45) is 0 Å². The van der Waals surface area contributed by atoms with Crippen molar-refractivity contribution in [3.63, 3.8) is 0 Å². The zero-order valence-electron chi connectivity index (χ0n) is 14.5. The molecule has 0 amide bonds. The van der Waals surface area contributed by atoms with E-state index in [1.54, 1.807) is 19.2 Å². The van der Waals surface area contributed by atoms with Crippen LogP contribution in [0.3, 0.4) is 0 Å². The van der Waals surface area contributed by atoms with Gasteiger partial charge in [0.2, 0.25) is 0 Å². The number of fused-ring (bicyclic) bond motifs is 1. The van der Waals surface area contributed by atoms with Gasteiger partial charge in [-0.3, -0.25) is 10.1 Å². The van der Waals surface area contributed by atoms with Crippen LogP contribution in [-0.4, -0.2) is 23.6 Å². The van der Waals surface area contributed by atoms with Crippen molar-refractivity contribution in [2.75, 3.05) is 13.7 Å². The third-order valence-electron chi connectivity index (χ3n) is 3.67. The quantitative estimate of drug-likeness (QED) is 0.423. The van der Waals surface area contributed by atoms with Crippen LogP contribution in [0.1, 0.15) is 23.9 Å². The smallest absolute Gasteiger partial charge is 0.270 e. The Morgan fingerprint density at radius 3 is 2.77 bits per heavy atom. The summed E-state index contributed by atoms with van der Waals surface area (Å²) in [5.41, 5.74) is 1.78. The Kier molecular flexibility index (Phi) is 5.48. The zero-order chi connectivity index (χ0) is 18.5. The summed E-state index contributed by atoms with van der Waals surface area (Å²) in [6.45, 7) is 2.69. The second-order valence-corrected chi connectivity index (χ2v) is 6.62. The van der Waals surface area contributed by atoms with E-state index in [0.717, 1.165) is 33.0 Å². The van der Waals surface area contributed by atoms with Crippen LogP contribution < -0.4 is 9.47 Å². The molecule has 0 saturated heterocycles. The normalized spacial score (nSPS) is 11.2. The standard InChI is InChI=1S/C19H18N2O4S/c1-3-10-25-16-8-4-13(11-17(16)24-2)5-9-19-20-15-7-6-14(21(22)23)12-18(15)26-19/h4-9,11-12H,3,10H2,1-2H3/b9-5+. The highest BCUT2D eigenvalue weighted by atomic mass is 32.1. The molecule has 7 heteroatoms. The number of aromatic nitrogens is 1. The van der Waals surface area contributed by atoms with Gasteiger partial charge in [0.05, 0.1) is 28.9 Å². The van der Waals surface area contributed by atoms with Crippen molar-refractivity contribution in [1.29, 1.82) is 0 Å². The second-order valence-electron chi connectivity index (χ2n) is 5.55. The van der Waals surface area contributed by atoms with Crippen molar-refractivity contribution in [3.8, 4) is 11.5 Å². The highest BCUT2D eigenvalue weighted by Gasteiger charge is 2.09. The van der Waals surface area contributed by atoms with Gasteiger partial charge in [-0.1, -0.05) is 19.1 Å². The Morgan fingerprint density at radius 1 is 1.19 bits per heavy atom. The van der Waals surface area contributed by atoms with Crippen molar-refractivity contribution >= 4 is 39.4 Å². The molecule has 0 N–H and O–H groups in total. The summed E-state index contributed by atoms with van der Waals surface area (Å²) < 4.78 is 11.8. The van der Waals surface area contributed by atoms with Crippen molar-refractivity contribution in [3.05, 3.63) is 57.1 Å². The van der Waals surface area contributed by atoms with Crippen LogP contribution in [0.5, 0.6) is 11.5 Å². The van der Waals surface area contributed by atoms with E-state index >= 15 is 0 Å². The Hall–Kier alpha value is -2.93. The monoisotopic (exact) mass is 370 g/mol. The van der Waals surface area contributed by atoms with Gasteiger partial charge in [0.25, 0.3) is 5.69 Å². The molecular weight excluding hydrogens is 352 g/mol. The molecule has 3 rings (SSSR count). The molecule has 0 atom stereocenters. The fourth-order valence-electron chi connectivity index (χ4n) is 2.40. The highest BCUT2D eigenvalue weighted by Crippen LogP contribution is 2.30. The summed E-state index contributed by atoms with van der Waals surface area (Å²) in [4.78, 5) is 15.0. The average Bonchev–Trinajstić information content (AvgIpc) is 3.06. The largest absolute Gasteiger partial charge is 0.493 e. The van der Waals surface area contributed by atoms with Gasteiger partial charge in [-0.25, -0.2) is 4.98 Å². The topological polar surface area (TPSA) is 74.5 Å². The van der Waals surface area contributed by atoms with Crippen LogP contribution in [0.25, 0.3) is 22.4 Å². The first kappa shape index (κ1) is 17.9. The molecular formula is C19H18N2O4S. The Balaban J connectivity index is 1.82. The molecule has 0 unspecified atom stereocenters. The molecule has 2 aromatic carbocycles. The minimum atomic E-state index is -0.400. The maximum atomic E-state index is 10.9. The summed E-state index contributed by atoms with van der Waals surface area (Å²) in [7, 11) is 1.61. The number of rotatable bonds is 7. The molecule has 0 saturated carbocycles. The molecule has 0 radical (unpaired) electrons. The molecule has 1 aromatic heterocycles. The first-order chi connectivity index (χ1) is 12.6. The van der Waals surface area contributed by atoms with Gasteiger partial charge >= 0.3 is 0 Å². The van der Waals surface area contributed by atoms with Crippen molar-refractivity contribution in [1.82, 2.24) is 4.98 Å². The molecule has 0 aliphatic carbocycles. The third-order valence-corrected chi connectivity index (χ3v) is 4.65.